The molecule has 0 spiro atoms. The fourth-order valence-electron chi connectivity index (χ4n) is 4.97. The number of anilines is 1. The minimum Gasteiger partial charge on any atom is -0.382 e. The van der Waals surface area contributed by atoms with Crippen molar-refractivity contribution in [2.75, 3.05) is 18.4 Å². The first-order chi connectivity index (χ1) is 15.3. The Morgan fingerprint density at radius 3 is 2.68 bits per heavy atom. The van der Waals surface area contributed by atoms with Gasteiger partial charge in [-0.15, -0.1) is 0 Å². The van der Waals surface area contributed by atoms with Crippen molar-refractivity contribution in [2.24, 2.45) is 0 Å². The van der Waals surface area contributed by atoms with E-state index in [1.54, 1.807) is 0 Å². The summed E-state index contributed by atoms with van der Waals surface area (Å²) in [5.74, 6) is 0.296. The summed E-state index contributed by atoms with van der Waals surface area (Å²) in [4.78, 5) is 18.4. The van der Waals surface area contributed by atoms with E-state index in [1.807, 2.05) is 41.1 Å². The van der Waals surface area contributed by atoms with E-state index in [0.29, 0.717) is 12.0 Å². The van der Waals surface area contributed by atoms with Gasteiger partial charge < -0.3 is 15.2 Å². The Morgan fingerprint density at radius 1 is 0.935 bits per heavy atom. The number of fused-ring (bicyclic) bond motifs is 2. The molecule has 0 radical (unpaired) electrons. The number of hydrogen-bond donors (Lipinski definition) is 2. The van der Waals surface area contributed by atoms with Crippen LogP contribution in [0, 0.1) is 0 Å². The molecule has 3 heterocycles. The summed E-state index contributed by atoms with van der Waals surface area (Å²) in [6.07, 6.45) is 5.08. The van der Waals surface area contributed by atoms with Crippen molar-refractivity contribution in [1.82, 2.24) is 14.9 Å². The standard InChI is InChI=1S/C26H26N4O/c31-26-25-18(5-3-7-23(25)28-19-10-13-27-14-11-19)12-15-30(26)24-16-20(24)22-9-8-17-4-1-2-6-21(17)29-22/h1-9,12,15,19-20,24,27-28H,10-11,13-14,16H2. The zero-order chi connectivity index (χ0) is 20.8. The zero-order valence-electron chi connectivity index (χ0n) is 17.4. The zero-order valence-corrected chi connectivity index (χ0v) is 17.4. The molecule has 2 fully saturated rings. The average molecular weight is 411 g/mol. The van der Waals surface area contributed by atoms with E-state index in [0.717, 1.165) is 65.4 Å². The van der Waals surface area contributed by atoms with Gasteiger partial charge in [-0.05, 0) is 62.0 Å². The lowest BCUT2D eigenvalue weighted by atomic mass is 10.0. The number of rotatable bonds is 4. The quantitative estimate of drug-likeness (QED) is 0.522. The maximum atomic E-state index is 13.6. The van der Waals surface area contributed by atoms with Gasteiger partial charge in [-0.3, -0.25) is 9.78 Å². The van der Waals surface area contributed by atoms with Crippen LogP contribution >= 0.6 is 0 Å². The summed E-state index contributed by atoms with van der Waals surface area (Å²) in [6.45, 7) is 2.05. The minimum absolute atomic E-state index is 0.0998. The third kappa shape index (κ3) is 3.39. The molecule has 0 bridgehead atoms. The van der Waals surface area contributed by atoms with Crippen LogP contribution in [0.4, 0.5) is 5.69 Å². The lowest BCUT2D eigenvalue weighted by Crippen LogP contribution is -2.35. The van der Waals surface area contributed by atoms with Gasteiger partial charge in [0.1, 0.15) is 0 Å². The Morgan fingerprint density at radius 2 is 1.77 bits per heavy atom. The van der Waals surface area contributed by atoms with Crippen LogP contribution in [0.1, 0.15) is 36.9 Å². The highest BCUT2D eigenvalue weighted by molar-refractivity contribution is 5.93. The van der Waals surface area contributed by atoms with E-state index in [-0.39, 0.29) is 11.6 Å². The molecule has 5 nitrogen and oxygen atoms in total. The fraction of sp³-hybridized carbons (Fsp3) is 0.308. The lowest BCUT2D eigenvalue weighted by molar-refractivity contribution is 0.479. The summed E-state index contributed by atoms with van der Waals surface area (Å²) < 4.78 is 1.93. The van der Waals surface area contributed by atoms with E-state index >= 15 is 0 Å². The van der Waals surface area contributed by atoms with E-state index in [9.17, 15) is 4.79 Å². The van der Waals surface area contributed by atoms with Gasteiger partial charge in [0.15, 0.2) is 0 Å². The number of nitrogens with zero attached hydrogens (tertiary/aromatic N) is 2. The van der Waals surface area contributed by atoms with Crippen molar-refractivity contribution < 1.29 is 0 Å². The van der Waals surface area contributed by atoms with Crippen molar-refractivity contribution in [3.63, 3.8) is 0 Å². The third-order valence-corrected chi connectivity index (χ3v) is 6.77. The molecule has 2 unspecified atom stereocenters. The number of benzene rings is 2. The lowest BCUT2D eigenvalue weighted by Gasteiger charge is -2.25. The molecule has 1 saturated heterocycles. The van der Waals surface area contributed by atoms with Crippen LogP contribution < -0.4 is 16.2 Å². The van der Waals surface area contributed by atoms with Gasteiger partial charge in [0.05, 0.1) is 10.9 Å². The topological polar surface area (TPSA) is 59.0 Å². The number of aromatic nitrogens is 2. The molecular formula is C26H26N4O. The second-order valence-electron chi connectivity index (χ2n) is 8.80. The molecular weight excluding hydrogens is 384 g/mol. The smallest absolute Gasteiger partial charge is 0.260 e. The summed E-state index contributed by atoms with van der Waals surface area (Å²) in [6, 6.07) is 21.2. The van der Waals surface area contributed by atoms with E-state index in [4.69, 9.17) is 4.98 Å². The third-order valence-electron chi connectivity index (χ3n) is 6.77. The number of para-hydroxylation sites is 1. The number of nitrogens with one attached hydrogen (secondary N) is 2. The van der Waals surface area contributed by atoms with Gasteiger partial charge >= 0.3 is 0 Å². The SMILES string of the molecule is O=c1c2c(NC3CCNCC3)cccc2ccn1C1CC1c1ccc2ccccc2n1. The Labute approximate surface area is 181 Å². The average Bonchev–Trinajstić information content (AvgIpc) is 3.60. The Balaban J connectivity index is 1.33. The molecule has 2 N–H and O–H groups in total. The molecule has 31 heavy (non-hydrogen) atoms. The molecule has 4 aromatic rings. The van der Waals surface area contributed by atoms with E-state index in [1.165, 1.54) is 0 Å². The second kappa shape index (κ2) is 7.50. The summed E-state index contributed by atoms with van der Waals surface area (Å²) in [7, 11) is 0. The molecule has 2 atom stereocenters. The molecule has 6 rings (SSSR count). The molecule has 1 aliphatic carbocycles. The van der Waals surface area contributed by atoms with Crippen molar-refractivity contribution >= 4 is 27.4 Å². The monoisotopic (exact) mass is 410 g/mol. The Bertz CT molecular complexity index is 1320. The Kier molecular flexibility index (Phi) is 4.50. The molecule has 2 aromatic heterocycles. The summed E-state index contributed by atoms with van der Waals surface area (Å²) in [5.41, 5.74) is 3.16. The van der Waals surface area contributed by atoms with Crippen molar-refractivity contribution in [2.45, 2.75) is 37.3 Å². The first-order valence-corrected chi connectivity index (χ1v) is 11.2. The van der Waals surface area contributed by atoms with Crippen LogP contribution in [-0.2, 0) is 0 Å². The molecule has 1 saturated carbocycles. The predicted octanol–water partition coefficient (Wildman–Crippen LogP) is 4.44. The highest BCUT2D eigenvalue weighted by Gasteiger charge is 2.41. The van der Waals surface area contributed by atoms with Gasteiger partial charge in [0, 0.05) is 41.0 Å². The Hall–Kier alpha value is -3.18. The normalized spacial score (nSPS) is 21.4. The van der Waals surface area contributed by atoms with Crippen LogP contribution in [0.3, 0.4) is 0 Å². The molecule has 2 aliphatic rings. The van der Waals surface area contributed by atoms with Crippen molar-refractivity contribution in [1.29, 1.82) is 0 Å². The van der Waals surface area contributed by atoms with Crippen LogP contribution in [0.5, 0.6) is 0 Å². The van der Waals surface area contributed by atoms with Crippen LogP contribution in [0.2, 0.25) is 0 Å². The van der Waals surface area contributed by atoms with E-state index < -0.39 is 0 Å². The van der Waals surface area contributed by atoms with E-state index in [2.05, 4.69) is 41.0 Å². The van der Waals surface area contributed by atoms with Crippen LogP contribution in [-0.4, -0.2) is 28.7 Å². The summed E-state index contributed by atoms with van der Waals surface area (Å²) >= 11 is 0. The molecule has 0 amide bonds. The van der Waals surface area contributed by atoms with Crippen molar-refractivity contribution in [3.8, 4) is 0 Å². The van der Waals surface area contributed by atoms with Gasteiger partial charge in [-0.1, -0.05) is 36.4 Å². The molecule has 5 heteroatoms. The maximum Gasteiger partial charge on any atom is 0.260 e. The highest BCUT2D eigenvalue weighted by atomic mass is 16.1. The van der Waals surface area contributed by atoms with Gasteiger partial charge in [0.25, 0.3) is 5.56 Å². The maximum absolute atomic E-state index is 13.6. The number of piperidine rings is 1. The van der Waals surface area contributed by atoms with Gasteiger partial charge in [-0.2, -0.15) is 0 Å². The molecule has 156 valence electrons. The minimum atomic E-state index is 0.0998. The second-order valence-corrected chi connectivity index (χ2v) is 8.80. The van der Waals surface area contributed by atoms with Crippen molar-refractivity contribution in [3.05, 3.63) is 82.9 Å². The highest BCUT2D eigenvalue weighted by Crippen LogP contribution is 2.50. The van der Waals surface area contributed by atoms with Gasteiger partial charge in [0.2, 0.25) is 0 Å². The van der Waals surface area contributed by atoms with Gasteiger partial charge in [-0.25, -0.2) is 0 Å². The first-order valence-electron chi connectivity index (χ1n) is 11.2. The van der Waals surface area contributed by atoms with Crippen LogP contribution in [0.25, 0.3) is 21.7 Å². The predicted molar refractivity (Wildman–Crippen MR) is 126 cm³/mol. The number of hydrogen-bond acceptors (Lipinski definition) is 4. The molecule has 1 aliphatic heterocycles. The fourth-order valence-corrected chi connectivity index (χ4v) is 4.97. The largest absolute Gasteiger partial charge is 0.382 e. The summed E-state index contributed by atoms with van der Waals surface area (Å²) in [5, 5.41) is 10.0. The van der Waals surface area contributed by atoms with Crippen LogP contribution in [0.15, 0.2) is 71.7 Å². The number of pyridine rings is 2. The first kappa shape index (κ1) is 18.6. The molecule has 2 aromatic carbocycles.